The fraction of sp³-hybridized carbons (Fsp3) is 0.500. The van der Waals surface area contributed by atoms with Gasteiger partial charge in [0.05, 0.1) is 11.7 Å². The molecule has 4 nitrogen and oxygen atoms in total. The van der Waals surface area contributed by atoms with Crippen molar-refractivity contribution >= 4 is 21.8 Å². The molecule has 5 heteroatoms. The highest BCUT2D eigenvalue weighted by Crippen LogP contribution is 2.25. The van der Waals surface area contributed by atoms with Crippen LogP contribution in [0.15, 0.2) is 22.7 Å². The third-order valence-corrected chi connectivity index (χ3v) is 4.09. The lowest BCUT2D eigenvalue weighted by molar-refractivity contribution is 0.0662. The van der Waals surface area contributed by atoms with Crippen molar-refractivity contribution in [2.24, 2.45) is 5.92 Å². The molecule has 3 N–H and O–H groups in total. The molecular formula is C14H18BrNO3. The number of phenols is 1. The van der Waals surface area contributed by atoms with E-state index in [0.717, 1.165) is 30.2 Å². The Morgan fingerprint density at radius 3 is 2.84 bits per heavy atom. The number of phenolic OH excluding ortho intramolecular Hbond substituents is 1. The van der Waals surface area contributed by atoms with E-state index in [-0.39, 0.29) is 29.2 Å². The SMILES string of the molecule is O=C(NCC1CCCCC1O)c1cc(Br)ccc1O. The van der Waals surface area contributed by atoms with Gasteiger partial charge in [-0.1, -0.05) is 28.8 Å². The van der Waals surface area contributed by atoms with Gasteiger partial charge in [-0.2, -0.15) is 0 Å². The van der Waals surface area contributed by atoms with E-state index in [1.54, 1.807) is 12.1 Å². The normalized spacial score (nSPS) is 23.1. The molecule has 104 valence electrons. The molecule has 2 atom stereocenters. The van der Waals surface area contributed by atoms with Crippen molar-refractivity contribution in [3.05, 3.63) is 28.2 Å². The lowest BCUT2D eigenvalue weighted by atomic mass is 9.86. The molecule has 1 aromatic rings. The third-order valence-electron chi connectivity index (χ3n) is 3.60. The molecule has 1 aliphatic rings. The number of amides is 1. The maximum Gasteiger partial charge on any atom is 0.255 e. The molecule has 0 aliphatic heterocycles. The smallest absolute Gasteiger partial charge is 0.255 e. The first kappa shape index (κ1) is 14.3. The fourth-order valence-corrected chi connectivity index (χ4v) is 2.80. The largest absolute Gasteiger partial charge is 0.507 e. The number of aliphatic hydroxyl groups is 1. The molecule has 2 unspecified atom stereocenters. The van der Waals surface area contributed by atoms with Gasteiger partial charge in [0, 0.05) is 16.9 Å². The molecule has 0 saturated heterocycles. The van der Waals surface area contributed by atoms with Crippen LogP contribution in [0.3, 0.4) is 0 Å². The van der Waals surface area contributed by atoms with Crippen molar-refractivity contribution in [3.63, 3.8) is 0 Å². The predicted octanol–water partition coefficient (Wildman–Crippen LogP) is 2.44. The van der Waals surface area contributed by atoms with E-state index >= 15 is 0 Å². The molecule has 0 heterocycles. The van der Waals surface area contributed by atoms with Gasteiger partial charge < -0.3 is 15.5 Å². The van der Waals surface area contributed by atoms with Crippen LogP contribution < -0.4 is 5.32 Å². The number of halogens is 1. The van der Waals surface area contributed by atoms with Gasteiger partial charge >= 0.3 is 0 Å². The maximum atomic E-state index is 12.0. The lowest BCUT2D eigenvalue weighted by Crippen LogP contribution is -2.36. The first-order valence-electron chi connectivity index (χ1n) is 6.52. The van der Waals surface area contributed by atoms with Crippen molar-refractivity contribution in [1.29, 1.82) is 0 Å². The summed E-state index contributed by atoms with van der Waals surface area (Å²) >= 11 is 3.27. The number of hydrogen-bond donors (Lipinski definition) is 3. The molecule has 1 fully saturated rings. The van der Waals surface area contributed by atoms with Gasteiger partial charge in [-0.3, -0.25) is 4.79 Å². The number of nitrogens with one attached hydrogen (secondary N) is 1. The molecule has 1 aromatic carbocycles. The number of hydrogen-bond acceptors (Lipinski definition) is 3. The Bertz CT molecular complexity index is 464. The van der Waals surface area contributed by atoms with Crippen molar-refractivity contribution in [2.45, 2.75) is 31.8 Å². The summed E-state index contributed by atoms with van der Waals surface area (Å²) in [5.74, 6) is -0.228. The van der Waals surface area contributed by atoms with E-state index in [1.807, 2.05) is 0 Å². The van der Waals surface area contributed by atoms with E-state index in [2.05, 4.69) is 21.2 Å². The van der Waals surface area contributed by atoms with Crippen LogP contribution in [0.5, 0.6) is 5.75 Å². The summed E-state index contributed by atoms with van der Waals surface area (Å²) in [7, 11) is 0. The molecule has 0 aromatic heterocycles. The van der Waals surface area contributed by atoms with Crippen LogP contribution >= 0.6 is 15.9 Å². The summed E-state index contributed by atoms with van der Waals surface area (Å²) in [5.41, 5.74) is 0.250. The quantitative estimate of drug-likeness (QED) is 0.798. The highest BCUT2D eigenvalue weighted by molar-refractivity contribution is 9.10. The lowest BCUT2D eigenvalue weighted by Gasteiger charge is -2.27. The highest BCUT2D eigenvalue weighted by atomic mass is 79.9. The van der Waals surface area contributed by atoms with Gasteiger partial charge in [0.25, 0.3) is 5.91 Å². The molecule has 19 heavy (non-hydrogen) atoms. The van der Waals surface area contributed by atoms with Crippen LogP contribution in [0.1, 0.15) is 36.0 Å². The van der Waals surface area contributed by atoms with Gasteiger partial charge in [0.15, 0.2) is 0 Å². The maximum absolute atomic E-state index is 12.0. The molecule has 1 aliphatic carbocycles. The zero-order chi connectivity index (χ0) is 13.8. The van der Waals surface area contributed by atoms with Crippen molar-refractivity contribution < 1.29 is 15.0 Å². The zero-order valence-corrected chi connectivity index (χ0v) is 12.2. The topological polar surface area (TPSA) is 69.6 Å². The van der Waals surface area contributed by atoms with Gasteiger partial charge in [0.1, 0.15) is 5.75 Å². The Kier molecular flexibility index (Phi) is 4.82. The molecule has 1 saturated carbocycles. The second kappa shape index (κ2) is 6.39. The molecule has 1 amide bonds. The minimum absolute atomic E-state index is 0.0371. The number of rotatable bonds is 3. The van der Waals surface area contributed by atoms with Crippen LogP contribution in [0.2, 0.25) is 0 Å². The average molecular weight is 328 g/mol. The zero-order valence-electron chi connectivity index (χ0n) is 10.6. The second-order valence-electron chi connectivity index (χ2n) is 4.98. The molecule has 0 spiro atoms. The van der Waals surface area contributed by atoms with Crippen LogP contribution in [0.25, 0.3) is 0 Å². The monoisotopic (exact) mass is 327 g/mol. The van der Waals surface area contributed by atoms with Crippen molar-refractivity contribution in [3.8, 4) is 5.75 Å². The fourth-order valence-electron chi connectivity index (χ4n) is 2.44. The van der Waals surface area contributed by atoms with Gasteiger partial charge in [-0.15, -0.1) is 0 Å². The summed E-state index contributed by atoms with van der Waals surface area (Å²) in [4.78, 5) is 12.0. The number of aromatic hydroxyl groups is 1. The number of carbonyl (C=O) groups is 1. The van der Waals surface area contributed by atoms with Gasteiger partial charge in [-0.25, -0.2) is 0 Å². The summed E-state index contributed by atoms with van der Waals surface area (Å²) < 4.78 is 0.744. The third kappa shape index (κ3) is 3.70. The minimum atomic E-state index is -0.329. The summed E-state index contributed by atoms with van der Waals surface area (Å²) in [6.45, 7) is 0.450. The van der Waals surface area contributed by atoms with E-state index in [0.29, 0.717) is 6.54 Å². The molecule has 0 radical (unpaired) electrons. The molecule has 0 bridgehead atoms. The number of aliphatic hydroxyl groups excluding tert-OH is 1. The Morgan fingerprint density at radius 2 is 2.11 bits per heavy atom. The Labute approximate surface area is 121 Å². The summed E-state index contributed by atoms with van der Waals surface area (Å²) in [6.07, 6.45) is 3.57. The van der Waals surface area contributed by atoms with E-state index < -0.39 is 0 Å². The summed E-state index contributed by atoms with van der Waals surface area (Å²) in [6, 6.07) is 4.74. The molecule has 2 rings (SSSR count). The highest BCUT2D eigenvalue weighted by Gasteiger charge is 2.23. The standard InChI is InChI=1S/C14H18BrNO3/c15-10-5-6-13(18)11(7-10)14(19)16-8-9-3-1-2-4-12(9)17/h5-7,9,12,17-18H,1-4,8H2,(H,16,19). The van der Waals surface area contributed by atoms with Gasteiger partial charge in [-0.05, 0) is 31.0 Å². The van der Waals surface area contributed by atoms with Crippen LogP contribution in [-0.4, -0.2) is 28.8 Å². The van der Waals surface area contributed by atoms with Crippen LogP contribution in [0, 0.1) is 5.92 Å². The Balaban J connectivity index is 1.95. The average Bonchev–Trinajstić information content (AvgIpc) is 2.40. The minimum Gasteiger partial charge on any atom is -0.507 e. The van der Waals surface area contributed by atoms with E-state index in [1.165, 1.54) is 6.07 Å². The van der Waals surface area contributed by atoms with Crippen molar-refractivity contribution in [1.82, 2.24) is 5.32 Å². The number of carbonyl (C=O) groups excluding carboxylic acids is 1. The Morgan fingerprint density at radius 1 is 1.37 bits per heavy atom. The number of benzene rings is 1. The van der Waals surface area contributed by atoms with Crippen LogP contribution in [0.4, 0.5) is 0 Å². The van der Waals surface area contributed by atoms with Crippen molar-refractivity contribution in [2.75, 3.05) is 6.54 Å². The van der Waals surface area contributed by atoms with Gasteiger partial charge in [0.2, 0.25) is 0 Å². The van der Waals surface area contributed by atoms with Crippen LogP contribution in [-0.2, 0) is 0 Å². The first-order chi connectivity index (χ1) is 9.08. The second-order valence-corrected chi connectivity index (χ2v) is 5.90. The Hall–Kier alpha value is -1.07. The first-order valence-corrected chi connectivity index (χ1v) is 7.32. The van der Waals surface area contributed by atoms with E-state index in [4.69, 9.17) is 0 Å². The summed E-state index contributed by atoms with van der Waals surface area (Å²) in [5, 5.41) is 22.3. The van der Waals surface area contributed by atoms with E-state index in [9.17, 15) is 15.0 Å². The predicted molar refractivity (Wildman–Crippen MR) is 76.1 cm³/mol. The molecular weight excluding hydrogens is 310 g/mol.